The molecule has 232 valence electrons. The van der Waals surface area contributed by atoms with Gasteiger partial charge in [0.05, 0.1) is 41.4 Å². The standard InChI is InChI=1S/C32H31N5O8/c1-37(2)26-25(41)22(29(34)44)27(42)31(14-33)28(43)23-24(40)21-18(12-30(23,35)13-32(26,31)36)17(8-9-19(21)38)16-6-4-5-15(11-16)7-10-20(39)45-3/h4-11,26,38,40,42H,12-13,35-36H2,1-3H3,(H2,34,44)/b10-7+/t26-,30-,31+,32-/m1/s1. The second kappa shape index (κ2) is 10.4. The smallest absolute Gasteiger partial charge is 0.330 e. The topological polar surface area (TPSA) is 243 Å². The number of hydrogen-bond acceptors (Lipinski definition) is 12. The molecule has 4 atom stereocenters. The number of phenolic OH excluding ortho intramolecular Hbond substituents is 1. The number of hydrogen-bond donors (Lipinski definition) is 6. The SMILES string of the molecule is COC(=O)/C=C/c1cccc(-c2ccc(O)c3c2C[C@@]2(N)C[C@@]4(N)[C@H](N(C)C)C(=O)C(C(N)=O)=C(O)[C@@]4(C#N)C(=O)C2=C3O)c1. The summed E-state index contributed by atoms with van der Waals surface area (Å²) < 4.78 is 4.65. The van der Waals surface area contributed by atoms with Crippen molar-refractivity contribution in [2.24, 2.45) is 22.6 Å². The Kier molecular flexibility index (Phi) is 7.21. The Morgan fingerprint density at radius 1 is 1.13 bits per heavy atom. The predicted molar refractivity (Wildman–Crippen MR) is 161 cm³/mol. The van der Waals surface area contributed by atoms with Crippen molar-refractivity contribution in [3.63, 3.8) is 0 Å². The Morgan fingerprint density at radius 3 is 2.42 bits per heavy atom. The fraction of sp³-hybridized carbons (Fsp3) is 0.281. The number of carbonyl (C=O) groups excluding carboxylic acids is 4. The fourth-order valence-electron chi connectivity index (χ4n) is 7.14. The molecule has 0 spiro atoms. The zero-order valence-corrected chi connectivity index (χ0v) is 24.6. The number of ether oxygens (including phenoxy) is 1. The van der Waals surface area contributed by atoms with Gasteiger partial charge in [0.25, 0.3) is 5.91 Å². The van der Waals surface area contributed by atoms with Gasteiger partial charge in [0.2, 0.25) is 0 Å². The molecule has 1 saturated carbocycles. The molecule has 0 bridgehead atoms. The molecule has 5 rings (SSSR count). The number of Topliss-reactive ketones (excluding diaryl/α,β-unsaturated/α-hetero) is 2. The zero-order valence-electron chi connectivity index (χ0n) is 24.6. The van der Waals surface area contributed by atoms with Gasteiger partial charge in [0, 0.05) is 6.08 Å². The first-order chi connectivity index (χ1) is 21.1. The van der Waals surface area contributed by atoms with Crippen LogP contribution in [-0.2, 0) is 30.3 Å². The first-order valence-corrected chi connectivity index (χ1v) is 13.7. The Balaban J connectivity index is 1.78. The maximum absolute atomic E-state index is 14.5. The molecule has 1 amide bonds. The van der Waals surface area contributed by atoms with E-state index in [1.165, 1.54) is 38.2 Å². The number of esters is 1. The number of methoxy groups -OCH3 is 1. The maximum atomic E-state index is 14.5. The number of ketones is 2. The van der Waals surface area contributed by atoms with Crippen molar-refractivity contribution in [1.82, 2.24) is 4.90 Å². The average Bonchev–Trinajstić information content (AvgIpc) is 2.95. The lowest BCUT2D eigenvalue weighted by molar-refractivity contribution is -0.139. The van der Waals surface area contributed by atoms with Crippen molar-refractivity contribution in [2.45, 2.75) is 30.0 Å². The van der Waals surface area contributed by atoms with Gasteiger partial charge in [-0.05, 0) is 67.4 Å². The summed E-state index contributed by atoms with van der Waals surface area (Å²) in [6, 6.07) is 10.1. The number of amides is 1. The van der Waals surface area contributed by atoms with Crippen LogP contribution in [0.15, 0.2) is 59.4 Å². The minimum absolute atomic E-state index is 0.125. The number of benzene rings is 2. The van der Waals surface area contributed by atoms with Crippen LogP contribution in [0, 0.1) is 16.7 Å². The van der Waals surface area contributed by atoms with Crippen LogP contribution in [0.4, 0.5) is 0 Å². The molecule has 45 heavy (non-hydrogen) atoms. The van der Waals surface area contributed by atoms with Gasteiger partial charge >= 0.3 is 5.97 Å². The highest BCUT2D eigenvalue weighted by Gasteiger charge is 2.74. The number of phenols is 1. The Labute approximate surface area is 257 Å². The summed E-state index contributed by atoms with van der Waals surface area (Å²) in [6.45, 7) is 0. The van der Waals surface area contributed by atoms with Crippen molar-refractivity contribution in [3.8, 4) is 22.9 Å². The zero-order chi connectivity index (χ0) is 33.2. The minimum Gasteiger partial charge on any atom is -0.509 e. The summed E-state index contributed by atoms with van der Waals surface area (Å²) in [7, 11) is 4.15. The highest BCUT2D eigenvalue weighted by Crippen LogP contribution is 2.58. The number of aliphatic hydroxyl groups excluding tert-OH is 2. The van der Waals surface area contributed by atoms with Crippen LogP contribution in [0.25, 0.3) is 23.0 Å². The number of aromatic hydroxyl groups is 1. The number of rotatable bonds is 5. The monoisotopic (exact) mass is 613 g/mol. The summed E-state index contributed by atoms with van der Waals surface area (Å²) in [5.74, 6) is -6.48. The molecule has 9 N–H and O–H groups in total. The molecule has 3 aliphatic rings. The van der Waals surface area contributed by atoms with E-state index in [1.807, 2.05) is 0 Å². The van der Waals surface area contributed by atoms with E-state index in [9.17, 15) is 39.8 Å². The lowest BCUT2D eigenvalue weighted by atomic mass is 9.47. The van der Waals surface area contributed by atoms with Crippen LogP contribution in [0.5, 0.6) is 5.75 Å². The minimum atomic E-state index is -2.74. The molecular formula is C32H31N5O8. The van der Waals surface area contributed by atoms with Crippen LogP contribution >= 0.6 is 0 Å². The van der Waals surface area contributed by atoms with E-state index in [-0.39, 0.29) is 12.0 Å². The normalized spacial score (nSPS) is 27.6. The van der Waals surface area contributed by atoms with Crippen LogP contribution in [0.3, 0.4) is 0 Å². The number of likely N-dealkylation sites (N-methyl/N-ethyl adjacent to an activating group) is 1. The molecule has 13 nitrogen and oxygen atoms in total. The van der Waals surface area contributed by atoms with Crippen molar-refractivity contribution in [3.05, 3.63) is 76.1 Å². The van der Waals surface area contributed by atoms with Crippen LogP contribution < -0.4 is 17.2 Å². The number of nitrogens with zero attached hydrogens (tertiary/aromatic N) is 2. The quantitative estimate of drug-likeness (QED) is 0.155. The van der Waals surface area contributed by atoms with Gasteiger partial charge in [0.15, 0.2) is 17.0 Å². The van der Waals surface area contributed by atoms with Gasteiger partial charge in [0.1, 0.15) is 22.8 Å². The molecule has 0 radical (unpaired) electrons. The third kappa shape index (κ3) is 4.18. The number of fused-ring (bicyclic) bond motifs is 3. The number of nitriles is 1. The number of nitrogens with two attached hydrogens (primary N) is 3. The Morgan fingerprint density at radius 2 is 1.82 bits per heavy atom. The van der Waals surface area contributed by atoms with Crippen LogP contribution in [0.2, 0.25) is 0 Å². The molecule has 0 saturated heterocycles. The summed E-state index contributed by atoms with van der Waals surface area (Å²) in [6.07, 6.45) is 2.11. The molecule has 2 aromatic rings. The van der Waals surface area contributed by atoms with E-state index in [4.69, 9.17) is 17.2 Å². The maximum Gasteiger partial charge on any atom is 0.330 e. The third-order valence-corrected chi connectivity index (χ3v) is 8.94. The highest BCUT2D eigenvalue weighted by atomic mass is 16.5. The molecule has 1 fully saturated rings. The molecule has 2 aromatic carbocycles. The molecular weight excluding hydrogens is 582 g/mol. The molecule has 0 unspecified atom stereocenters. The van der Waals surface area contributed by atoms with E-state index >= 15 is 0 Å². The molecule has 13 heteroatoms. The van der Waals surface area contributed by atoms with E-state index in [0.29, 0.717) is 22.3 Å². The molecule has 0 aromatic heterocycles. The van der Waals surface area contributed by atoms with Gasteiger partial charge in [-0.15, -0.1) is 0 Å². The predicted octanol–water partition coefficient (Wildman–Crippen LogP) is 0.759. The van der Waals surface area contributed by atoms with Gasteiger partial charge in [-0.1, -0.05) is 24.3 Å². The van der Waals surface area contributed by atoms with Gasteiger partial charge in [-0.3, -0.25) is 19.3 Å². The molecule has 0 heterocycles. The lowest BCUT2D eigenvalue weighted by Gasteiger charge is -2.58. The number of primary amides is 1. The first kappa shape index (κ1) is 31.1. The molecule has 0 aliphatic heterocycles. The van der Waals surface area contributed by atoms with Crippen LogP contribution in [0.1, 0.15) is 23.1 Å². The van der Waals surface area contributed by atoms with Gasteiger partial charge < -0.3 is 37.3 Å². The van der Waals surface area contributed by atoms with E-state index in [0.717, 1.165) is 0 Å². The number of carbonyl (C=O) groups is 4. The van der Waals surface area contributed by atoms with E-state index < -0.39 is 80.8 Å². The summed E-state index contributed by atoms with van der Waals surface area (Å²) >= 11 is 0. The van der Waals surface area contributed by atoms with E-state index in [2.05, 4.69) is 4.74 Å². The Hall–Kier alpha value is -5.29. The van der Waals surface area contributed by atoms with Crippen molar-refractivity contribution in [1.29, 1.82) is 5.26 Å². The van der Waals surface area contributed by atoms with Crippen molar-refractivity contribution >= 4 is 35.3 Å². The summed E-state index contributed by atoms with van der Waals surface area (Å²) in [5, 5.41) is 44.5. The summed E-state index contributed by atoms with van der Waals surface area (Å²) in [4.78, 5) is 53.3. The van der Waals surface area contributed by atoms with E-state index in [1.54, 1.807) is 42.5 Å². The van der Waals surface area contributed by atoms with Crippen LogP contribution in [-0.4, -0.2) is 82.0 Å². The second-order valence-electron chi connectivity index (χ2n) is 11.8. The fourth-order valence-corrected chi connectivity index (χ4v) is 7.14. The third-order valence-electron chi connectivity index (χ3n) is 8.94. The first-order valence-electron chi connectivity index (χ1n) is 13.7. The highest BCUT2D eigenvalue weighted by molar-refractivity contribution is 6.25. The average molecular weight is 614 g/mol. The second-order valence-corrected chi connectivity index (χ2v) is 11.8. The largest absolute Gasteiger partial charge is 0.509 e. The lowest BCUT2D eigenvalue weighted by Crippen LogP contribution is -2.80. The van der Waals surface area contributed by atoms with Crippen molar-refractivity contribution in [2.75, 3.05) is 21.2 Å². The summed E-state index contributed by atoms with van der Waals surface area (Å²) in [5.41, 5.74) is 13.0. The van der Waals surface area contributed by atoms with Crippen molar-refractivity contribution < 1.29 is 39.2 Å². The number of aliphatic hydroxyl groups is 2. The Bertz CT molecular complexity index is 1850. The van der Waals surface area contributed by atoms with Gasteiger partial charge in [-0.2, -0.15) is 5.26 Å². The molecule has 3 aliphatic carbocycles. The van der Waals surface area contributed by atoms with Gasteiger partial charge in [-0.25, -0.2) is 4.79 Å².